The van der Waals surface area contributed by atoms with Crippen LogP contribution in [0, 0.1) is 0 Å². The predicted molar refractivity (Wildman–Crippen MR) is 150 cm³/mol. The maximum atomic E-state index is 13.2. The van der Waals surface area contributed by atoms with Gasteiger partial charge >= 0.3 is 5.97 Å². The van der Waals surface area contributed by atoms with Gasteiger partial charge in [-0.3, -0.25) is 14.4 Å². The number of imide groups is 1. The summed E-state index contributed by atoms with van der Waals surface area (Å²) in [6.45, 7) is 2.21. The van der Waals surface area contributed by atoms with E-state index in [2.05, 4.69) is 10.6 Å². The molecule has 0 spiro atoms. The Morgan fingerprint density at radius 3 is 2.30 bits per heavy atom. The molecule has 0 saturated heterocycles. The van der Waals surface area contributed by atoms with E-state index in [0.29, 0.717) is 41.3 Å². The third-order valence-electron chi connectivity index (χ3n) is 5.86. The van der Waals surface area contributed by atoms with Crippen molar-refractivity contribution < 1.29 is 33.4 Å². The molecule has 40 heavy (non-hydrogen) atoms. The zero-order valence-corrected chi connectivity index (χ0v) is 22.7. The monoisotopic (exact) mass is 563 g/mol. The Balaban J connectivity index is 1.45. The van der Waals surface area contributed by atoms with Gasteiger partial charge in [-0.2, -0.15) is 0 Å². The van der Waals surface area contributed by atoms with Crippen molar-refractivity contribution in [2.24, 2.45) is 0 Å². The number of ether oxygens (including phenoxy) is 3. The Morgan fingerprint density at radius 2 is 1.62 bits per heavy atom. The topological polar surface area (TPSA) is 123 Å². The van der Waals surface area contributed by atoms with Gasteiger partial charge in [-0.25, -0.2) is 9.69 Å². The predicted octanol–water partition coefficient (Wildman–Crippen LogP) is 4.96. The van der Waals surface area contributed by atoms with E-state index < -0.39 is 23.7 Å². The molecule has 10 nitrogen and oxygen atoms in total. The number of nitrogens with one attached hydrogen (secondary N) is 2. The van der Waals surface area contributed by atoms with E-state index in [0.717, 1.165) is 4.90 Å². The Hall–Kier alpha value is -4.83. The average Bonchev–Trinajstić information content (AvgIpc) is 3.18. The lowest BCUT2D eigenvalue weighted by Gasteiger charge is -2.18. The van der Waals surface area contributed by atoms with E-state index in [-0.39, 0.29) is 22.2 Å². The van der Waals surface area contributed by atoms with Crippen LogP contribution in [-0.2, 0) is 14.3 Å². The Kier molecular flexibility index (Phi) is 8.70. The van der Waals surface area contributed by atoms with E-state index in [9.17, 15) is 19.2 Å². The molecule has 206 valence electrons. The van der Waals surface area contributed by atoms with Crippen LogP contribution in [0.5, 0.6) is 11.5 Å². The van der Waals surface area contributed by atoms with Gasteiger partial charge in [0.15, 0.2) is 0 Å². The molecular formula is C29H26ClN3O7. The van der Waals surface area contributed by atoms with Crippen molar-refractivity contribution in [3.63, 3.8) is 0 Å². The highest BCUT2D eigenvalue weighted by atomic mass is 35.5. The number of hydrogen-bond donors (Lipinski definition) is 2. The summed E-state index contributed by atoms with van der Waals surface area (Å²) in [5, 5.41) is 5.32. The number of carbonyl (C=O) groups excluding carboxylic acids is 4. The molecule has 3 amide bonds. The number of rotatable bonds is 10. The van der Waals surface area contributed by atoms with Gasteiger partial charge in [0.2, 0.25) is 0 Å². The first-order valence-corrected chi connectivity index (χ1v) is 12.6. The van der Waals surface area contributed by atoms with Gasteiger partial charge in [0.25, 0.3) is 17.7 Å². The smallest absolute Gasteiger partial charge is 0.338 e. The second kappa shape index (κ2) is 12.4. The first-order valence-electron chi connectivity index (χ1n) is 12.2. The summed E-state index contributed by atoms with van der Waals surface area (Å²) < 4.78 is 15.6. The van der Waals surface area contributed by atoms with Crippen molar-refractivity contribution >= 4 is 52.4 Å². The lowest BCUT2D eigenvalue weighted by molar-refractivity contribution is -0.120. The average molecular weight is 564 g/mol. The van der Waals surface area contributed by atoms with Crippen molar-refractivity contribution in [1.82, 2.24) is 0 Å². The number of halogens is 1. The van der Waals surface area contributed by atoms with Crippen LogP contribution in [0.3, 0.4) is 0 Å². The minimum absolute atomic E-state index is 0.117. The number of anilines is 3. The van der Waals surface area contributed by atoms with Gasteiger partial charge in [-0.1, -0.05) is 24.6 Å². The highest BCUT2D eigenvalue weighted by molar-refractivity contribution is 6.53. The zero-order chi connectivity index (χ0) is 28.8. The largest absolute Gasteiger partial charge is 0.497 e. The van der Waals surface area contributed by atoms with Gasteiger partial charge in [-0.05, 0) is 61.0 Å². The van der Waals surface area contributed by atoms with E-state index in [1.165, 1.54) is 38.5 Å². The molecule has 0 bridgehead atoms. The van der Waals surface area contributed by atoms with E-state index in [1.807, 2.05) is 6.92 Å². The third-order valence-corrected chi connectivity index (χ3v) is 6.22. The van der Waals surface area contributed by atoms with Crippen LogP contribution in [0.25, 0.3) is 0 Å². The summed E-state index contributed by atoms with van der Waals surface area (Å²) in [7, 11) is 2.90. The van der Waals surface area contributed by atoms with Gasteiger partial charge in [0.05, 0.1) is 32.1 Å². The first kappa shape index (κ1) is 28.2. The number of hydrogen-bond acceptors (Lipinski definition) is 8. The molecule has 0 saturated carbocycles. The van der Waals surface area contributed by atoms with Gasteiger partial charge < -0.3 is 24.8 Å². The summed E-state index contributed by atoms with van der Waals surface area (Å²) >= 11 is 6.25. The fourth-order valence-electron chi connectivity index (χ4n) is 3.85. The molecule has 1 heterocycles. The molecule has 0 unspecified atom stereocenters. The van der Waals surface area contributed by atoms with Crippen LogP contribution in [0.15, 0.2) is 77.5 Å². The molecule has 3 aromatic rings. The number of benzene rings is 3. The van der Waals surface area contributed by atoms with Gasteiger partial charge in [0.1, 0.15) is 22.2 Å². The zero-order valence-electron chi connectivity index (χ0n) is 21.9. The van der Waals surface area contributed by atoms with Crippen molar-refractivity contribution in [3.05, 3.63) is 88.6 Å². The minimum Gasteiger partial charge on any atom is -0.497 e. The molecular weight excluding hydrogens is 538 g/mol. The molecule has 3 aromatic carbocycles. The lowest BCUT2D eigenvalue weighted by atomic mass is 10.1. The fourth-order valence-corrected chi connectivity index (χ4v) is 4.07. The molecule has 0 aromatic heterocycles. The van der Waals surface area contributed by atoms with E-state index in [4.69, 9.17) is 25.8 Å². The van der Waals surface area contributed by atoms with Crippen LogP contribution in [0.2, 0.25) is 0 Å². The maximum absolute atomic E-state index is 13.2. The van der Waals surface area contributed by atoms with Crippen LogP contribution in [0.1, 0.15) is 34.1 Å². The van der Waals surface area contributed by atoms with Crippen molar-refractivity contribution in [2.75, 3.05) is 36.4 Å². The number of amides is 3. The normalized spacial score (nSPS) is 12.8. The quantitative estimate of drug-likeness (QED) is 0.262. The van der Waals surface area contributed by atoms with Crippen molar-refractivity contribution in [2.45, 2.75) is 13.3 Å². The summed E-state index contributed by atoms with van der Waals surface area (Å²) in [6.07, 6.45) is 0.705. The van der Waals surface area contributed by atoms with Crippen LogP contribution >= 0.6 is 11.6 Å². The van der Waals surface area contributed by atoms with Crippen LogP contribution < -0.4 is 25.0 Å². The number of carbonyl (C=O) groups is 4. The highest BCUT2D eigenvalue weighted by Crippen LogP contribution is 2.37. The maximum Gasteiger partial charge on any atom is 0.338 e. The number of methoxy groups -OCH3 is 2. The highest BCUT2D eigenvalue weighted by Gasteiger charge is 2.40. The molecule has 0 fully saturated rings. The first-order chi connectivity index (χ1) is 19.3. The van der Waals surface area contributed by atoms with Crippen molar-refractivity contribution in [1.29, 1.82) is 0 Å². The summed E-state index contributed by atoms with van der Waals surface area (Å²) in [4.78, 5) is 51.9. The molecule has 2 N–H and O–H groups in total. The summed E-state index contributed by atoms with van der Waals surface area (Å²) in [5.41, 5.74) is 1.60. The van der Waals surface area contributed by atoms with Crippen molar-refractivity contribution in [3.8, 4) is 11.5 Å². The standard InChI is InChI=1S/C29H26ClN3O7/c1-4-14-40-29(37)18-6-5-7-20(15-18)32-26(34)17-8-10-19(11-9-17)31-25-24(30)27(35)33(28(25)36)22-13-12-21(38-2)16-23(22)39-3/h5-13,15-16,31H,4,14H2,1-3H3,(H,32,34). The second-order valence-corrected chi connectivity index (χ2v) is 8.92. The summed E-state index contributed by atoms with van der Waals surface area (Å²) in [5.74, 6) is -1.51. The molecule has 0 aliphatic carbocycles. The molecule has 0 radical (unpaired) electrons. The molecule has 11 heteroatoms. The van der Waals surface area contributed by atoms with E-state index >= 15 is 0 Å². The van der Waals surface area contributed by atoms with Gasteiger partial charge in [-0.15, -0.1) is 0 Å². The molecule has 1 aliphatic heterocycles. The molecule has 0 atom stereocenters. The van der Waals surface area contributed by atoms with Crippen LogP contribution in [-0.4, -0.2) is 44.5 Å². The summed E-state index contributed by atoms with van der Waals surface area (Å²) in [6, 6.07) is 17.3. The Bertz CT molecular complexity index is 1500. The number of esters is 1. The number of nitrogens with zero attached hydrogens (tertiary/aromatic N) is 1. The Morgan fingerprint density at radius 1 is 0.875 bits per heavy atom. The molecule has 4 rings (SSSR count). The minimum atomic E-state index is -0.713. The van der Waals surface area contributed by atoms with E-state index in [1.54, 1.807) is 42.5 Å². The van der Waals surface area contributed by atoms with Crippen LogP contribution in [0.4, 0.5) is 17.1 Å². The second-order valence-electron chi connectivity index (χ2n) is 8.55. The fraction of sp³-hybridized carbons (Fsp3) is 0.172. The SMILES string of the molecule is CCCOC(=O)c1cccc(NC(=O)c2ccc(NC3=C(Cl)C(=O)N(c4ccc(OC)cc4OC)C3=O)cc2)c1. The lowest BCUT2D eigenvalue weighted by Crippen LogP contribution is -2.32. The Labute approximate surface area is 235 Å². The van der Waals surface area contributed by atoms with Gasteiger partial charge in [0, 0.05) is 23.0 Å². The molecule has 1 aliphatic rings. The third kappa shape index (κ3) is 5.92.